The van der Waals surface area contributed by atoms with Crippen LogP contribution < -0.4 is 5.32 Å². The van der Waals surface area contributed by atoms with Crippen molar-refractivity contribution in [2.75, 3.05) is 25.1 Å². The van der Waals surface area contributed by atoms with Crippen LogP contribution in [0.25, 0.3) is 0 Å². The number of hydrogen-bond donors (Lipinski definition) is 1. The van der Waals surface area contributed by atoms with Crippen molar-refractivity contribution in [2.24, 2.45) is 5.92 Å². The SMILES string of the molecule is O=C(Nc1ccccc1)c1cccc(CN(CC2CCOC2)C2CC2)c1. The van der Waals surface area contributed by atoms with Gasteiger partial charge in [-0.05, 0) is 55.0 Å². The molecular formula is C22H26N2O2. The first-order valence-corrected chi connectivity index (χ1v) is 9.55. The zero-order chi connectivity index (χ0) is 17.8. The standard InChI is InChI=1S/C22H26N2O2/c25-22(23-20-7-2-1-3-8-20)19-6-4-5-17(13-19)14-24(21-9-10-21)15-18-11-12-26-16-18/h1-8,13,18,21H,9-12,14-16H2,(H,23,25). The minimum atomic E-state index is -0.0554. The summed E-state index contributed by atoms with van der Waals surface area (Å²) in [6.07, 6.45) is 3.76. The molecule has 0 bridgehead atoms. The second-order valence-corrected chi connectivity index (χ2v) is 7.41. The van der Waals surface area contributed by atoms with Crippen molar-refractivity contribution in [2.45, 2.75) is 31.8 Å². The second-order valence-electron chi connectivity index (χ2n) is 7.41. The molecular weight excluding hydrogens is 324 g/mol. The number of carbonyl (C=O) groups excluding carboxylic acids is 1. The van der Waals surface area contributed by atoms with Crippen molar-refractivity contribution in [3.8, 4) is 0 Å². The Morgan fingerprint density at radius 1 is 1.08 bits per heavy atom. The van der Waals surface area contributed by atoms with Gasteiger partial charge in [-0.3, -0.25) is 9.69 Å². The van der Waals surface area contributed by atoms with E-state index in [0.717, 1.165) is 32.0 Å². The van der Waals surface area contributed by atoms with Gasteiger partial charge in [0.1, 0.15) is 0 Å². The minimum absolute atomic E-state index is 0.0554. The Bertz CT molecular complexity index is 737. The van der Waals surface area contributed by atoms with Gasteiger partial charge in [-0.25, -0.2) is 0 Å². The molecule has 1 heterocycles. The van der Waals surface area contributed by atoms with E-state index >= 15 is 0 Å². The van der Waals surface area contributed by atoms with E-state index in [2.05, 4.69) is 16.3 Å². The highest BCUT2D eigenvalue weighted by atomic mass is 16.5. The molecule has 4 heteroatoms. The molecule has 4 rings (SSSR count). The van der Waals surface area contributed by atoms with E-state index in [9.17, 15) is 4.79 Å². The maximum absolute atomic E-state index is 12.5. The van der Waals surface area contributed by atoms with E-state index in [0.29, 0.717) is 17.5 Å². The normalized spacial score (nSPS) is 19.7. The van der Waals surface area contributed by atoms with E-state index in [4.69, 9.17) is 4.74 Å². The van der Waals surface area contributed by atoms with Crippen LogP contribution in [0.3, 0.4) is 0 Å². The van der Waals surface area contributed by atoms with Crippen LogP contribution in [0.2, 0.25) is 0 Å². The predicted octanol–water partition coefficient (Wildman–Crippen LogP) is 3.94. The summed E-state index contributed by atoms with van der Waals surface area (Å²) in [6, 6.07) is 18.3. The van der Waals surface area contributed by atoms with Crippen LogP contribution in [0, 0.1) is 5.92 Å². The fourth-order valence-electron chi connectivity index (χ4n) is 3.61. The van der Waals surface area contributed by atoms with Gasteiger partial charge >= 0.3 is 0 Å². The third kappa shape index (κ3) is 4.51. The van der Waals surface area contributed by atoms with Crippen molar-refractivity contribution in [3.05, 3.63) is 65.7 Å². The van der Waals surface area contributed by atoms with Crippen LogP contribution in [0.15, 0.2) is 54.6 Å². The summed E-state index contributed by atoms with van der Waals surface area (Å²) in [5, 5.41) is 2.96. The summed E-state index contributed by atoms with van der Waals surface area (Å²) in [5.41, 5.74) is 2.74. The molecule has 136 valence electrons. The molecule has 1 aliphatic heterocycles. The lowest BCUT2D eigenvalue weighted by molar-refractivity contribution is 0.102. The first-order chi connectivity index (χ1) is 12.8. The third-order valence-electron chi connectivity index (χ3n) is 5.19. The van der Waals surface area contributed by atoms with E-state index in [1.807, 2.05) is 48.5 Å². The summed E-state index contributed by atoms with van der Waals surface area (Å²) in [7, 11) is 0. The highest BCUT2D eigenvalue weighted by Crippen LogP contribution is 2.30. The Balaban J connectivity index is 1.41. The van der Waals surface area contributed by atoms with Crippen LogP contribution >= 0.6 is 0 Å². The summed E-state index contributed by atoms with van der Waals surface area (Å²) in [6.45, 7) is 3.81. The average molecular weight is 350 g/mol. The zero-order valence-electron chi connectivity index (χ0n) is 15.1. The van der Waals surface area contributed by atoms with Crippen molar-refractivity contribution in [1.82, 2.24) is 4.90 Å². The molecule has 1 aliphatic carbocycles. The number of nitrogens with zero attached hydrogens (tertiary/aromatic N) is 1. The fraction of sp³-hybridized carbons (Fsp3) is 0.409. The van der Waals surface area contributed by atoms with Gasteiger partial charge in [0.2, 0.25) is 0 Å². The number of carbonyl (C=O) groups is 1. The van der Waals surface area contributed by atoms with Crippen molar-refractivity contribution < 1.29 is 9.53 Å². The monoisotopic (exact) mass is 350 g/mol. The van der Waals surface area contributed by atoms with Crippen LogP contribution in [0.1, 0.15) is 35.2 Å². The summed E-state index contributed by atoms with van der Waals surface area (Å²) < 4.78 is 5.54. The van der Waals surface area contributed by atoms with Crippen molar-refractivity contribution in [3.63, 3.8) is 0 Å². The van der Waals surface area contributed by atoms with E-state index in [1.54, 1.807) is 0 Å². The second kappa shape index (κ2) is 8.02. The smallest absolute Gasteiger partial charge is 0.255 e. The quantitative estimate of drug-likeness (QED) is 0.822. The predicted molar refractivity (Wildman–Crippen MR) is 103 cm³/mol. The number of para-hydroxylation sites is 1. The molecule has 1 saturated carbocycles. The molecule has 2 fully saturated rings. The molecule has 2 aromatic rings. The lowest BCUT2D eigenvalue weighted by atomic mass is 10.1. The van der Waals surface area contributed by atoms with Crippen LogP contribution in [-0.4, -0.2) is 36.6 Å². The number of hydrogen-bond acceptors (Lipinski definition) is 3. The molecule has 1 unspecified atom stereocenters. The van der Waals surface area contributed by atoms with Gasteiger partial charge in [0, 0.05) is 37.0 Å². The van der Waals surface area contributed by atoms with E-state index < -0.39 is 0 Å². The molecule has 26 heavy (non-hydrogen) atoms. The minimum Gasteiger partial charge on any atom is -0.381 e. The lowest BCUT2D eigenvalue weighted by Crippen LogP contribution is -2.31. The van der Waals surface area contributed by atoms with Gasteiger partial charge < -0.3 is 10.1 Å². The highest BCUT2D eigenvalue weighted by molar-refractivity contribution is 6.04. The number of ether oxygens (including phenoxy) is 1. The molecule has 0 radical (unpaired) electrons. The maximum Gasteiger partial charge on any atom is 0.255 e. The third-order valence-corrected chi connectivity index (χ3v) is 5.19. The summed E-state index contributed by atoms with van der Waals surface area (Å²) >= 11 is 0. The Kier molecular flexibility index (Phi) is 5.32. The number of nitrogens with one attached hydrogen (secondary N) is 1. The first kappa shape index (κ1) is 17.3. The average Bonchev–Trinajstić information content (AvgIpc) is 3.39. The molecule has 4 nitrogen and oxygen atoms in total. The lowest BCUT2D eigenvalue weighted by Gasteiger charge is -2.25. The Hall–Kier alpha value is -2.17. The molecule has 0 spiro atoms. The molecule has 2 aromatic carbocycles. The van der Waals surface area contributed by atoms with Crippen LogP contribution in [0.4, 0.5) is 5.69 Å². The largest absolute Gasteiger partial charge is 0.381 e. The Morgan fingerprint density at radius 3 is 2.65 bits per heavy atom. The summed E-state index contributed by atoms with van der Waals surface area (Å²) in [5.74, 6) is 0.598. The topological polar surface area (TPSA) is 41.6 Å². The van der Waals surface area contributed by atoms with Crippen molar-refractivity contribution >= 4 is 11.6 Å². The highest BCUT2D eigenvalue weighted by Gasteiger charge is 2.31. The molecule has 1 saturated heterocycles. The number of benzene rings is 2. The summed E-state index contributed by atoms with van der Waals surface area (Å²) in [4.78, 5) is 15.1. The van der Waals surface area contributed by atoms with E-state index in [-0.39, 0.29) is 5.91 Å². The number of rotatable bonds is 7. The van der Waals surface area contributed by atoms with Crippen LogP contribution in [-0.2, 0) is 11.3 Å². The Labute approximate surface area is 155 Å². The van der Waals surface area contributed by atoms with Gasteiger partial charge in [-0.15, -0.1) is 0 Å². The fourth-order valence-corrected chi connectivity index (χ4v) is 3.61. The number of amides is 1. The first-order valence-electron chi connectivity index (χ1n) is 9.55. The molecule has 1 atom stereocenters. The molecule has 1 amide bonds. The van der Waals surface area contributed by atoms with Gasteiger partial charge in [0.25, 0.3) is 5.91 Å². The zero-order valence-corrected chi connectivity index (χ0v) is 15.1. The number of anilines is 1. The van der Waals surface area contributed by atoms with Gasteiger partial charge in [0.05, 0.1) is 6.61 Å². The molecule has 1 N–H and O–H groups in total. The van der Waals surface area contributed by atoms with Gasteiger partial charge in [-0.2, -0.15) is 0 Å². The van der Waals surface area contributed by atoms with E-state index in [1.165, 1.54) is 24.8 Å². The maximum atomic E-state index is 12.5. The van der Waals surface area contributed by atoms with Gasteiger partial charge in [-0.1, -0.05) is 30.3 Å². The van der Waals surface area contributed by atoms with Gasteiger partial charge in [0.15, 0.2) is 0 Å². The van der Waals surface area contributed by atoms with Crippen LogP contribution in [0.5, 0.6) is 0 Å². The molecule has 0 aromatic heterocycles. The molecule has 2 aliphatic rings. The Morgan fingerprint density at radius 2 is 1.92 bits per heavy atom. The van der Waals surface area contributed by atoms with Crippen molar-refractivity contribution in [1.29, 1.82) is 0 Å².